The summed E-state index contributed by atoms with van der Waals surface area (Å²) >= 11 is 0. The monoisotopic (exact) mass is 298 g/mol. The average Bonchev–Trinajstić information content (AvgIpc) is 2.88. The van der Waals surface area contributed by atoms with Crippen molar-refractivity contribution >= 4 is 33.7 Å². The standard InChI is InChI=1S/C10H8N4.C2HF3O2/c11-10-9-8(12-5-13-9)6-3-1-2-4-7(6)14-10;3-2(4,5)1(6)7/h1-5H,(H2,11,14)(H,12,13);(H,6,7). The van der Waals surface area contributed by atoms with Gasteiger partial charge in [-0.15, -0.1) is 0 Å². The molecule has 110 valence electrons. The van der Waals surface area contributed by atoms with Gasteiger partial charge in [-0.05, 0) is 6.07 Å². The van der Waals surface area contributed by atoms with Gasteiger partial charge >= 0.3 is 12.1 Å². The zero-order valence-corrected chi connectivity index (χ0v) is 10.3. The molecule has 2 aromatic heterocycles. The lowest BCUT2D eigenvalue weighted by molar-refractivity contribution is -0.192. The van der Waals surface area contributed by atoms with Crippen LogP contribution in [0.15, 0.2) is 30.6 Å². The number of alkyl halides is 3. The van der Waals surface area contributed by atoms with E-state index in [4.69, 9.17) is 15.6 Å². The molecule has 0 amide bonds. The summed E-state index contributed by atoms with van der Waals surface area (Å²) in [5.74, 6) is -2.28. The summed E-state index contributed by atoms with van der Waals surface area (Å²) in [4.78, 5) is 20.4. The van der Waals surface area contributed by atoms with E-state index in [1.54, 1.807) is 6.33 Å². The Kier molecular flexibility index (Phi) is 3.66. The van der Waals surface area contributed by atoms with Gasteiger partial charge in [0.1, 0.15) is 5.52 Å². The number of para-hydroxylation sites is 1. The fourth-order valence-electron chi connectivity index (χ4n) is 1.66. The molecular weight excluding hydrogens is 289 g/mol. The molecule has 4 N–H and O–H groups in total. The molecule has 9 heteroatoms. The summed E-state index contributed by atoms with van der Waals surface area (Å²) in [6.45, 7) is 0. The molecule has 21 heavy (non-hydrogen) atoms. The second-order valence-corrected chi connectivity index (χ2v) is 3.94. The Morgan fingerprint density at radius 3 is 2.52 bits per heavy atom. The smallest absolute Gasteiger partial charge is 0.475 e. The van der Waals surface area contributed by atoms with Gasteiger partial charge in [0.15, 0.2) is 5.82 Å². The van der Waals surface area contributed by atoms with Crippen LogP contribution in [0, 0.1) is 0 Å². The minimum atomic E-state index is -5.08. The molecule has 0 spiro atoms. The van der Waals surface area contributed by atoms with Gasteiger partial charge in [0.2, 0.25) is 0 Å². The lowest BCUT2D eigenvalue weighted by atomic mass is 10.2. The first kappa shape index (κ1) is 14.6. The van der Waals surface area contributed by atoms with Crippen molar-refractivity contribution in [3.8, 4) is 0 Å². The van der Waals surface area contributed by atoms with Crippen molar-refractivity contribution in [1.29, 1.82) is 0 Å². The van der Waals surface area contributed by atoms with Crippen LogP contribution in [-0.2, 0) is 4.79 Å². The third kappa shape index (κ3) is 3.02. The van der Waals surface area contributed by atoms with E-state index in [2.05, 4.69) is 15.0 Å². The number of pyridine rings is 1. The highest BCUT2D eigenvalue weighted by Gasteiger charge is 2.38. The number of nitrogen functional groups attached to an aromatic ring is 1. The van der Waals surface area contributed by atoms with Gasteiger partial charge in [-0.3, -0.25) is 0 Å². The summed E-state index contributed by atoms with van der Waals surface area (Å²) in [7, 11) is 0. The number of nitrogens with one attached hydrogen (secondary N) is 1. The van der Waals surface area contributed by atoms with Crippen LogP contribution in [0.4, 0.5) is 19.0 Å². The van der Waals surface area contributed by atoms with Gasteiger partial charge in [-0.2, -0.15) is 13.2 Å². The van der Waals surface area contributed by atoms with Crippen LogP contribution in [0.3, 0.4) is 0 Å². The van der Waals surface area contributed by atoms with Crippen LogP contribution in [0.2, 0.25) is 0 Å². The Morgan fingerprint density at radius 1 is 1.29 bits per heavy atom. The first-order valence-electron chi connectivity index (χ1n) is 5.58. The van der Waals surface area contributed by atoms with Crippen LogP contribution < -0.4 is 5.73 Å². The van der Waals surface area contributed by atoms with Crippen molar-refractivity contribution in [3.05, 3.63) is 30.6 Å². The zero-order chi connectivity index (χ0) is 15.6. The number of anilines is 1. The Labute approximate surface area is 115 Å². The number of aromatic nitrogens is 3. The maximum atomic E-state index is 10.6. The second-order valence-electron chi connectivity index (χ2n) is 3.94. The van der Waals surface area contributed by atoms with Gasteiger partial charge in [-0.1, -0.05) is 18.2 Å². The van der Waals surface area contributed by atoms with Crippen LogP contribution in [-0.4, -0.2) is 32.2 Å². The molecule has 0 atom stereocenters. The van der Waals surface area contributed by atoms with Crippen molar-refractivity contribution in [1.82, 2.24) is 15.0 Å². The molecular formula is C12H9F3N4O2. The summed E-state index contributed by atoms with van der Waals surface area (Å²) < 4.78 is 31.7. The number of H-pyrrole nitrogens is 1. The second kappa shape index (κ2) is 5.27. The van der Waals surface area contributed by atoms with Crippen LogP contribution in [0.5, 0.6) is 0 Å². The number of fused-ring (bicyclic) bond motifs is 3. The molecule has 0 bridgehead atoms. The SMILES string of the molecule is Nc1nc2ccccc2c2[nH]cnc12.O=C(O)C(F)(F)F. The third-order valence-corrected chi connectivity index (χ3v) is 2.54. The number of hydrogen-bond acceptors (Lipinski definition) is 4. The highest BCUT2D eigenvalue weighted by atomic mass is 19.4. The van der Waals surface area contributed by atoms with E-state index in [-0.39, 0.29) is 0 Å². The van der Waals surface area contributed by atoms with E-state index in [0.29, 0.717) is 5.82 Å². The number of imidazole rings is 1. The highest BCUT2D eigenvalue weighted by molar-refractivity contribution is 6.05. The molecule has 0 aliphatic rings. The number of nitrogens with two attached hydrogens (primary N) is 1. The van der Waals surface area contributed by atoms with Crippen molar-refractivity contribution in [2.24, 2.45) is 0 Å². The molecule has 0 aliphatic carbocycles. The maximum Gasteiger partial charge on any atom is 0.490 e. The predicted molar refractivity (Wildman–Crippen MR) is 69.5 cm³/mol. The average molecular weight is 298 g/mol. The molecule has 6 nitrogen and oxygen atoms in total. The van der Waals surface area contributed by atoms with Gasteiger partial charge in [0.25, 0.3) is 0 Å². The van der Waals surface area contributed by atoms with E-state index < -0.39 is 12.1 Å². The normalized spacial score (nSPS) is 11.2. The number of carboxylic acid groups (broad SMARTS) is 1. The third-order valence-electron chi connectivity index (χ3n) is 2.54. The number of halogens is 3. The number of aromatic amines is 1. The highest BCUT2D eigenvalue weighted by Crippen LogP contribution is 2.24. The summed E-state index contributed by atoms with van der Waals surface area (Å²) in [5, 5.41) is 8.18. The number of hydrogen-bond donors (Lipinski definition) is 3. The summed E-state index contributed by atoms with van der Waals surface area (Å²) in [6, 6.07) is 7.85. The van der Waals surface area contributed by atoms with Crippen molar-refractivity contribution in [2.45, 2.75) is 6.18 Å². The van der Waals surface area contributed by atoms with Crippen LogP contribution in [0.1, 0.15) is 0 Å². The number of carbonyl (C=O) groups is 1. The predicted octanol–water partition coefficient (Wildman–Crippen LogP) is 2.33. The van der Waals surface area contributed by atoms with Crippen LogP contribution in [0.25, 0.3) is 21.9 Å². The van der Waals surface area contributed by atoms with Crippen molar-refractivity contribution < 1.29 is 23.1 Å². The van der Waals surface area contributed by atoms with Gasteiger partial charge in [0.05, 0.1) is 17.4 Å². The lowest BCUT2D eigenvalue weighted by Gasteiger charge is -1.99. The Bertz CT molecular complexity index is 798. The van der Waals surface area contributed by atoms with Gasteiger partial charge < -0.3 is 15.8 Å². The van der Waals surface area contributed by atoms with E-state index in [0.717, 1.165) is 21.9 Å². The molecule has 3 rings (SSSR count). The van der Waals surface area contributed by atoms with Gasteiger partial charge in [-0.25, -0.2) is 14.8 Å². The number of aliphatic carboxylic acids is 1. The molecule has 0 saturated carbocycles. The molecule has 0 saturated heterocycles. The molecule has 1 aromatic carbocycles. The first-order chi connectivity index (χ1) is 9.80. The maximum absolute atomic E-state index is 10.6. The number of nitrogens with zero attached hydrogens (tertiary/aromatic N) is 2. The number of benzene rings is 1. The van der Waals surface area contributed by atoms with Gasteiger partial charge in [0, 0.05) is 5.39 Å². The Hall–Kier alpha value is -2.84. The van der Waals surface area contributed by atoms with Crippen LogP contribution >= 0.6 is 0 Å². The number of carboxylic acids is 1. The van der Waals surface area contributed by atoms with Crippen molar-refractivity contribution in [2.75, 3.05) is 5.73 Å². The Morgan fingerprint density at radius 2 is 1.90 bits per heavy atom. The molecule has 3 aromatic rings. The zero-order valence-electron chi connectivity index (χ0n) is 10.3. The van der Waals surface area contributed by atoms with Crippen molar-refractivity contribution in [3.63, 3.8) is 0 Å². The summed E-state index contributed by atoms with van der Waals surface area (Å²) in [5.41, 5.74) is 8.36. The fraction of sp³-hybridized carbons (Fsp3) is 0.0833. The summed E-state index contributed by atoms with van der Waals surface area (Å²) in [6.07, 6.45) is -3.45. The molecule has 0 radical (unpaired) electrons. The quantitative estimate of drug-likeness (QED) is 0.590. The van der Waals surface area contributed by atoms with E-state index >= 15 is 0 Å². The van der Waals surface area contributed by atoms with E-state index in [9.17, 15) is 13.2 Å². The minimum absolute atomic E-state index is 0.472. The minimum Gasteiger partial charge on any atom is -0.475 e. The molecule has 0 fully saturated rings. The Balaban J connectivity index is 0.000000199. The fourth-order valence-corrected chi connectivity index (χ4v) is 1.66. The first-order valence-corrected chi connectivity index (χ1v) is 5.58. The largest absolute Gasteiger partial charge is 0.490 e. The van der Waals surface area contributed by atoms with E-state index in [1.165, 1.54) is 0 Å². The van der Waals surface area contributed by atoms with E-state index in [1.807, 2.05) is 24.3 Å². The molecule has 2 heterocycles. The topological polar surface area (TPSA) is 105 Å². The number of rotatable bonds is 0. The molecule has 0 unspecified atom stereocenters. The lowest BCUT2D eigenvalue weighted by Crippen LogP contribution is -2.21. The molecule has 0 aliphatic heterocycles.